The molecular weight excluding hydrogens is 1410 g/mol. The van der Waals surface area contributed by atoms with Crippen LogP contribution in [0.2, 0.25) is 0 Å². The van der Waals surface area contributed by atoms with Crippen molar-refractivity contribution in [1.82, 2.24) is 47.4 Å². The van der Waals surface area contributed by atoms with Gasteiger partial charge >= 0.3 is 0 Å². The molecule has 0 aliphatic rings. The van der Waals surface area contributed by atoms with Gasteiger partial charge in [0.25, 0.3) is 0 Å². The van der Waals surface area contributed by atoms with Gasteiger partial charge in [-0.05, 0) is 116 Å². The van der Waals surface area contributed by atoms with E-state index in [9.17, 15) is 0 Å². The Bertz CT molecular complexity index is 6970. The second-order valence-corrected chi connectivity index (χ2v) is 28.7. The minimum atomic E-state index is 0.674. The predicted octanol–water partition coefficient (Wildman–Crippen LogP) is 26.0. The molecule has 112 heavy (non-hydrogen) atoms. The summed E-state index contributed by atoms with van der Waals surface area (Å²) < 4.78 is 18.6. The van der Waals surface area contributed by atoms with Crippen LogP contribution in [0.25, 0.3) is 211 Å². The summed E-state index contributed by atoms with van der Waals surface area (Å²) in [7, 11) is 0. The summed E-state index contributed by atoms with van der Waals surface area (Å²) in [4.78, 5) is 31.2. The van der Waals surface area contributed by atoms with Gasteiger partial charge in [-0.1, -0.05) is 315 Å². The third kappa shape index (κ3) is 13.0. The first-order valence-electron chi connectivity index (χ1n) is 37.1. The van der Waals surface area contributed by atoms with Crippen molar-refractivity contribution < 1.29 is 0 Å². The molecule has 0 spiro atoms. The number of benzene rings is 15. The minimum absolute atomic E-state index is 0.674. The molecule has 524 valence electrons. The van der Waals surface area contributed by atoms with E-state index < -0.39 is 0 Å². The number of hydrogen-bond acceptors (Lipinski definition) is 12. The Balaban J connectivity index is 0.000000147. The second-order valence-electron chi connectivity index (χ2n) is 27.6. The van der Waals surface area contributed by atoms with Crippen molar-refractivity contribution in [3.63, 3.8) is 0 Å². The molecule has 0 atom stereocenters. The number of hydrogen-bond donors (Lipinski definition) is 0. The molecule has 15 aromatic carbocycles. The van der Waals surface area contributed by atoms with Gasteiger partial charge in [0.15, 0.2) is 11.6 Å². The number of pyridine rings is 2. The molecule has 21 aromatic rings. The van der Waals surface area contributed by atoms with E-state index in [0.29, 0.717) is 11.6 Å². The van der Waals surface area contributed by atoms with Crippen LogP contribution < -0.4 is 0 Å². The molecule has 21 rings (SSSR count). The van der Waals surface area contributed by atoms with E-state index >= 15 is 0 Å². The molecule has 0 bridgehead atoms. The van der Waals surface area contributed by atoms with Gasteiger partial charge in [-0.2, -0.15) is 17.5 Å². The second kappa shape index (κ2) is 29.2. The summed E-state index contributed by atoms with van der Waals surface area (Å²) in [5, 5.41) is 6.42. The lowest BCUT2D eigenvalue weighted by Gasteiger charge is -2.13. The summed E-state index contributed by atoms with van der Waals surface area (Å²) in [6, 6.07) is 131. The Labute approximate surface area is 653 Å². The highest BCUT2D eigenvalue weighted by Crippen LogP contribution is 2.42. The van der Waals surface area contributed by atoms with Crippen LogP contribution in [-0.2, 0) is 0 Å². The van der Waals surface area contributed by atoms with E-state index in [4.69, 9.17) is 38.7 Å². The van der Waals surface area contributed by atoms with Gasteiger partial charge in [-0.25, -0.2) is 29.9 Å². The van der Waals surface area contributed by atoms with Gasteiger partial charge in [0, 0.05) is 76.8 Å². The smallest absolute Gasteiger partial charge is 0.160 e. The summed E-state index contributed by atoms with van der Waals surface area (Å²) in [6.45, 7) is 0. The maximum absolute atomic E-state index is 5.31. The molecule has 0 aliphatic heterocycles. The topological polar surface area (TPSA) is 129 Å². The van der Waals surface area contributed by atoms with Crippen molar-refractivity contribution in [1.29, 1.82) is 0 Å². The van der Waals surface area contributed by atoms with E-state index in [1.807, 2.05) is 60.7 Å². The first-order chi connectivity index (χ1) is 55.5. The van der Waals surface area contributed by atoms with Crippen molar-refractivity contribution >= 4 is 88.9 Å². The molecule has 0 fully saturated rings. The van der Waals surface area contributed by atoms with Gasteiger partial charge in [0.05, 0.1) is 68.7 Å². The van der Waals surface area contributed by atoms with Crippen LogP contribution in [0.3, 0.4) is 0 Å². The van der Waals surface area contributed by atoms with Crippen molar-refractivity contribution in [3.8, 4) is 146 Å². The fraction of sp³-hybridized carbons (Fsp3) is 0. The summed E-state index contributed by atoms with van der Waals surface area (Å²) in [5.41, 5.74) is 30.2. The van der Waals surface area contributed by atoms with Gasteiger partial charge in [0.1, 0.15) is 22.1 Å². The SMILES string of the molecule is c1ccc(-c2ccc(-c3cc(-c4cccc(-c5ccc6c(c5)nc(-c5ccccc5)c5ccc7nsnc7c56)c4)nc(-c4ccc(-c5ccccc5)cc4)n3)cc2)cc1.c1ccc(-c2ccc(-c3nc(-c4ccccc4)cc(-c4cccc(-c5ccc6c(c5)nc(-c5ccccc5)c5ccc7nsnc7c56)c4)n3)cc2)cc1. The van der Waals surface area contributed by atoms with Gasteiger partial charge < -0.3 is 0 Å². The zero-order valence-corrected chi connectivity index (χ0v) is 61.7. The first kappa shape index (κ1) is 66.8. The molecule has 0 amide bonds. The molecule has 0 radical (unpaired) electrons. The maximum Gasteiger partial charge on any atom is 0.160 e. The first-order valence-corrected chi connectivity index (χ1v) is 38.5. The van der Waals surface area contributed by atoms with Crippen LogP contribution in [0.1, 0.15) is 0 Å². The Hall–Kier alpha value is -14.6. The molecule has 0 saturated carbocycles. The standard InChI is InChI=1S/C53H33N5S.C47H29N5S/c1-4-11-34(12-5-1)36-19-23-38(24-20-36)47-33-48(56-53(55-47)40-25-21-37(22-26-40)35-13-6-2-7-14-35)43-18-10-17-41(31-43)42-27-28-44-49(32-42)54-51(39-15-8-3-9-16-39)45-29-30-46-52(50(44)45)58-59-57-46;1-4-11-30(12-5-1)31-19-21-34(22-20-31)47-49-41(32-13-6-2-7-14-32)29-42(50-47)37-18-10-17-35(27-37)36-23-24-38-43(28-36)48-45(33-15-8-3-9-16-33)39-25-26-40-46(44(38)39)52-53-51-40/h1-33H;1-29H. The maximum atomic E-state index is 5.31. The lowest BCUT2D eigenvalue weighted by Crippen LogP contribution is -1.96. The Morgan fingerprint density at radius 1 is 0.161 bits per heavy atom. The van der Waals surface area contributed by atoms with E-state index in [2.05, 4.69) is 324 Å². The summed E-state index contributed by atoms with van der Waals surface area (Å²) >= 11 is 2.49. The molecule has 6 aromatic heterocycles. The Kier molecular flexibility index (Phi) is 17.4. The van der Waals surface area contributed by atoms with Gasteiger partial charge in [0.2, 0.25) is 0 Å². The fourth-order valence-electron chi connectivity index (χ4n) is 15.1. The fourth-order valence-corrected chi connectivity index (χ4v) is 16.2. The van der Waals surface area contributed by atoms with Crippen LogP contribution >= 0.6 is 23.5 Å². The molecule has 0 saturated heterocycles. The minimum Gasteiger partial charge on any atom is -0.247 e. The van der Waals surface area contributed by atoms with Crippen molar-refractivity contribution in [2.45, 2.75) is 0 Å². The highest BCUT2D eigenvalue weighted by atomic mass is 32.1. The van der Waals surface area contributed by atoms with E-state index in [0.717, 1.165) is 183 Å². The van der Waals surface area contributed by atoms with Crippen LogP contribution in [0.15, 0.2) is 376 Å². The molecule has 6 heterocycles. The lowest BCUT2D eigenvalue weighted by molar-refractivity contribution is 1.18. The van der Waals surface area contributed by atoms with Crippen molar-refractivity contribution in [2.24, 2.45) is 0 Å². The average Bonchev–Trinajstić information content (AvgIpc) is 1.31. The number of aromatic nitrogens is 10. The quantitative estimate of drug-likeness (QED) is 0.103. The van der Waals surface area contributed by atoms with Gasteiger partial charge in [-0.15, -0.1) is 0 Å². The van der Waals surface area contributed by atoms with Crippen LogP contribution in [-0.4, -0.2) is 47.4 Å². The highest BCUT2D eigenvalue weighted by Gasteiger charge is 2.21. The average molecular weight is 1470 g/mol. The zero-order valence-electron chi connectivity index (χ0n) is 60.1. The predicted molar refractivity (Wildman–Crippen MR) is 462 cm³/mol. The van der Waals surface area contributed by atoms with Crippen LogP contribution in [0, 0.1) is 0 Å². The van der Waals surface area contributed by atoms with Gasteiger partial charge in [-0.3, -0.25) is 0 Å². The van der Waals surface area contributed by atoms with E-state index in [-0.39, 0.29) is 0 Å². The van der Waals surface area contributed by atoms with Crippen LogP contribution in [0.5, 0.6) is 0 Å². The third-order valence-electron chi connectivity index (χ3n) is 20.8. The third-order valence-corrected chi connectivity index (χ3v) is 21.8. The highest BCUT2D eigenvalue weighted by molar-refractivity contribution is 7.00. The number of nitrogens with zero attached hydrogens (tertiary/aromatic N) is 10. The molecular formula is C100H62N10S2. The molecule has 12 heteroatoms. The van der Waals surface area contributed by atoms with Crippen molar-refractivity contribution in [2.75, 3.05) is 0 Å². The van der Waals surface area contributed by atoms with E-state index in [1.165, 1.54) is 40.1 Å². The molecule has 0 N–H and O–H groups in total. The zero-order chi connectivity index (χ0) is 74.3. The summed E-state index contributed by atoms with van der Waals surface area (Å²) in [5.74, 6) is 1.36. The molecule has 0 aliphatic carbocycles. The number of fused-ring (bicyclic) bond motifs is 10. The Morgan fingerprint density at radius 3 is 0.804 bits per heavy atom. The van der Waals surface area contributed by atoms with Crippen molar-refractivity contribution in [3.05, 3.63) is 376 Å². The monoisotopic (exact) mass is 1470 g/mol. The largest absolute Gasteiger partial charge is 0.247 e. The molecule has 0 unspecified atom stereocenters. The van der Waals surface area contributed by atoms with E-state index in [1.54, 1.807) is 0 Å². The lowest BCUT2D eigenvalue weighted by atomic mass is 9.96. The number of rotatable bonds is 13. The van der Waals surface area contributed by atoms with Crippen LogP contribution in [0.4, 0.5) is 0 Å². The summed E-state index contributed by atoms with van der Waals surface area (Å²) in [6.07, 6.45) is 0. The Morgan fingerprint density at radius 2 is 0.429 bits per heavy atom. The molecule has 10 nitrogen and oxygen atoms in total. The normalized spacial score (nSPS) is 11.4.